The second-order valence-electron chi connectivity index (χ2n) is 7.59. The van der Waals surface area contributed by atoms with Crippen molar-refractivity contribution in [2.24, 2.45) is 0 Å². The lowest BCUT2D eigenvalue weighted by Crippen LogP contribution is -2.47. The summed E-state index contributed by atoms with van der Waals surface area (Å²) in [5.74, 6) is 0.218. The maximum absolute atomic E-state index is 13.9. The van der Waals surface area contributed by atoms with Gasteiger partial charge in [0, 0.05) is 31.7 Å². The standard InChI is InChI=1S/C21H21ClF3N5O3/c1-28-6-8-29(9-7-28)20(31)18-17(22)19-26-13(11-16(21(23,24)25)30(19)27-18)12-4-5-14(32-2)15(10-12)33-3/h4-5,10-11H,6-9H2,1-3H3. The van der Waals surface area contributed by atoms with E-state index in [0.717, 1.165) is 6.07 Å². The Morgan fingerprint density at radius 2 is 1.73 bits per heavy atom. The van der Waals surface area contributed by atoms with Gasteiger partial charge < -0.3 is 19.3 Å². The third kappa shape index (κ3) is 4.30. The van der Waals surface area contributed by atoms with Crippen molar-refractivity contribution in [1.82, 2.24) is 24.4 Å². The molecule has 3 heterocycles. The number of alkyl halides is 3. The van der Waals surface area contributed by atoms with Gasteiger partial charge in [0.2, 0.25) is 0 Å². The zero-order chi connectivity index (χ0) is 23.9. The molecule has 176 valence electrons. The fourth-order valence-electron chi connectivity index (χ4n) is 3.63. The summed E-state index contributed by atoms with van der Waals surface area (Å²) >= 11 is 6.37. The van der Waals surface area contributed by atoms with Crippen LogP contribution in [0.3, 0.4) is 0 Å². The Labute approximate surface area is 192 Å². The number of ether oxygens (including phenoxy) is 2. The van der Waals surface area contributed by atoms with Gasteiger partial charge in [0.05, 0.1) is 19.9 Å². The van der Waals surface area contributed by atoms with Crippen molar-refractivity contribution in [2.75, 3.05) is 47.4 Å². The van der Waals surface area contributed by atoms with Gasteiger partial charge in [0.1, 0.15) is 5.02 Å². The number of piperazine rings is 1. The van der Waals surface area contributed by atoms with E-state index < -0.39 is 17.8 Å². The Hall–Kier alpha value is -3.05. The smallest absolute Gasteiger partial charge is 0.433 e. The van der Waals surface area contributed by atoms with E-state index in [4.69, 9.17) is 21.1 Å². The molecule has 0 spiro atoms. The summed E-state index contributed by atoms with van der Waals surface area (Å²) in [6.45, 7) is 2.14. The van der Waals surface area contributed by atoms with Gasteiger partial charge in [0.15, 0.2) is 28.5 Å². The zero-order valence-electron chi connectivity index (χ0n) is 18.1. The van der Waals surface area contributed by atoms with E-state index >= 15 is 0 Å². The minimum absolute atomic E-state index is 0.00354. The number of benzene rings is 1. The molecule has 1 fully saturated rings. The van der Waals surface area contributed by atoms with Gasteiger partial charge in [0.25, 0.3) is 5.91 Å². The van der Waals surface area contributed by atoms with Gasteiger partial charge in [-0.2, -0.15) is 18.3 Å². The second-order valence-corrected chi connectivity index (χ2v) is 7.97. The molecule has 4 rings (SSSR count). The number of carbonyl (C=O) groups excluding carboxylic acids is 1. The molecule has 0 N–H and O–H groups in total. The number of hydrogen-bond acceptors (Lipinski definition) is 6. The summed E-state index contributed by atoms with van der Waals surface area (Å²) in [5.41, 5.74) is -1.27. The second kappa shape index (κ2) is 8.71. The molecule has 0 radical (unpaired) electrons. The van der Waals surface area contributed by atoms with Crippen LogP contribution in [0.4, 0.5) is 13.2 Å². The fourth-order valence-corrected chi connectivity index (χ4v) is 3.87. The molecule has 1 amide bonds. The van der Waals surface area contributed by atoms with Crippen LogP contribution in [0, 0.1) is 0 Å². The molecule has 12 heteroatoms. The van der Waals surface area contributed by atoms with Gasteiger partial charge in [-0.3, -0.25) is 4.79 Å². The molecule has 0 saturated carbocycles. The first kappa shape index (κ1) is 23.1. The number of methoxy groups -OCH3 is 2. The number of fused-ring (bicyclic) bond motifs is 1. The van der Waals surface area contributed by atoms with E-state index in [-0.39, 0.29) is 22.1 Å². The van der Waals surface area contributed by atoms with Gasteiger partial charge in [-0.05, 0) is 31.3 Å². The molecule has 1 saturated heterocycles. The van der Waals surface area contributed by atoms with Crippen molar-refractivity contribution in [1.29, 1.82) is 0 Å². The van der Waals surface area contributed by atoms with Crippen LogP contribution in [0.2, 0.25) is 5.02 Å². The minimum Gasteiger partial charge on any atom is -0.493 e. The lowest BCUT2D eigenvalue weighted by molar-refractivity contribution is -0.142. The Kier molecular flexibility index (Phi) is 6.10. The van der Waals surface area contributed by atoms with E-state index in [9.17, 15) is 18.0 Å². The molecule has 8 nitrogen and oxygen atoms in total. The highest BCUT2D eigenvalue weighted by atomic mass is 35.5. The highest BCUT2D eigenvalue weighted by Gasteiger charge is 2.37. The molecule has 0 aliphatic carbocycles. The minimum atomic E-state index is -4.77. The Bertz CT molecular complexity index is 1210. The van der Waals surface area contributed by atoms with Crippen molar-refractivity contribution in [3.63, 3.8) is 0 Å². The quantitative estimate of drug-likeness (QED) is 0.566. The molecule has 1 aromatic carbocycles. The van der Waals surface area contributed by atoms with Gasteiger partial charge in [-0.1, -0.05) is 11.6 Å². The number of rotatable bonds is 4. The molecule has 0 atom stereocenters. The van der Waals surface area contributed by atoms with E-state index in [2.05, 4.69) is 10.1 Å². The SMILES string of the molecule is COc1ccc(-c2cc(C(F)(F)F)n3nc(C(=O)N4CCN(C)CC4)c(Cl)c3n2)cc1OC. The summed E-state index contributed by atoms with van der Waals surface area (Å²) in [7, 11) is 4.80. The average molecular weight is 484 g/mol. The Balaban J connectivity index is 1.85. The number of nitrogens with zero attached hydrogens (tertiary/aromatic N) is 5. The molecular weight excluding hydrogens is 463 g/mol. The molecule has 2 aromatic heterocycles. The van der Waals surface area contributed by atoms with Crippen LogP contribution in [-0.4, -0.2) is 77.8 Å². The highest BCUT2D eigenvalue weighted by molar-refractivity contribution is 6.36. The molecule has 1 aliphatic heterocycles. The lowest BCUT2D eigenvalue weighted by Gasteiger charge is -2.31. The molecule has 0 unspecified atom stereocenters. The largest absolute Gasteiger partial charge is 0.493 e. The van der Waals surface area contributed by atoms with Crippen molar-refractivity contribution in [3.05, 3.63) is 40.7 Å². The van der Waals surface area contributed by atoms with Crippen LogP contribution in [0.25, 0.3) is 16.9 Å². The van der Waals surface area contributed by atoms with Crippen LogP contribution >= 0.6 is 11.6 Å². The molecule has 3 aromatic rings. The van der Waals surface area contributed by atoms with E-state index in [1.807, 2.05) is 11.9 Å². The maximum Gasteiger partial charge on any atom is 0.433 e. The normalized spacial score (nSPS) is 15.2. The number of aromatic nitrogens is 3. The van der Waals surface area contributed by atoms with Crippen LogP contribution < -0.4 is 9.47 Å². The van der Waals surface area contributed by atoms with Crippen LogP contribution in [0.5, 0.6) is 11.5 Å². The summed E-state index contributed by atoms with van der Waals surface area (Å²) in [6.07, 6.45) is -4.77. The number of carbonyl (C=O) groups is 1. The average Bonchev–Trinajstić information content (AvgIpc) is 3.13. The molecule has 33 heavy (non-hydrogen) atoms. The number of halogens is 4. The summed E-state index contributed by atoms with van der Waals surface area (Å²) in [4.78, 5) is 20.9. The predicted octanol–water partition coefficient (Wildman–Crippen LogP) is 3.47. The van der Waals surface area contributed by atoms with Crippen molar-refractivity contribution in [3.8, 4) is 22.8 Å². The highest BCUT2D eigenvalue weighted by Crippen LogP contribution is 2.37. The number of amides is 1. The third-order valence-electron chi connectivity index (χ3n) is 5.50. The van der Waals surface area contributed by atoms with Gasteiger partial charge in [-0.25, -0.2) is 9.50 Å². The van der Waals surface area contributed by atoms with Crippen LogP contribution in [0.15, 0.2) is 24.3 Å². The number of hydrogen-bond donors (Lipinski definition) is 0. The van der Waals surface area contributed by atoms with Crippen molar-refractivity contribution >= 4 is 23.2 Å². The van der Waals surface area contributed by atoms with E-state index in [0.29, 0.717) is 47.8 Å². The Morgan fingerprint density at radius 3 is 2.33 bits per heavy atom. The lowest BCUT2D eigenvalue weighted by atomic mass is 10.1. The summed E-state index contributed by atoms with van der Waals surface area (Å²) < 4.78 is 52.8. The van der Waals surface area contributed by atoms with E-state index in [1.54, 1.807) is 12.1 Å². The first-order valence-corrected chi connectivity index (χ1v) is 10.4. The van der Waals surface area contributed by atoms with E-state index in [1.165, 1.54) is 25.2 Å². The molecule has 0 bridgehead atoms. The van der Waals surface area contributed by atoms with Gasteiger partial charge >= 0.3 is 6.18 Å². The number of likely N-dealkylation sites (N-methyl/N-ethyl adjacent to an activating group) is 1. The van der Waals surface area contributed by atoms with Gasteiger partial charge in [-0.15, -0.1) is 0 Å². The Morgan fingerprint density at radius 1 is 1.06 bits per heavy atom. The maximum atomic E-state index is 13.9. The first-order valence-electron chi connectivity index (χ1n) is 10.0. The van der Waals surface area contributed by atoms with Crippen LogP contribution in [-0.2, 0) is 6.18 Å². The predicted molar refractivity (Wildman–Crippen MR) is 115 cm³/mol. The fraction of sp³-hybridized carbons (Fsp3) is 0.381. The summed E-state index contributed by atoms with van der Waals surface area (Å²) in [5, 5.41) is 3.69. The van der Waals surface area contributed by atoms with Crippen LogP contribution in [0.1, 0.15) is 16.2 Å². The van der Waals surface area contributed by atoms with Crippen molar-refractivity contribution < 1.29 is 27.4 Å². The summed E-state index contributed by atoms with van der Waals surface area (Å²) in [6, 6.07) is 5.49. The first-order chi connectivity index (χ1) is 15.6. The third-order valence-corrected chi connectivity index (χ3v) is 5.84. The van der Waals surface area contributed by atoms with Crippen molar-refractivity contribution in [2.45, 2.75) is 6.18 Å². The molecular formula is C21H21ClF3N5O3. The zero-order valence-corrected chi connectivity index (χ0v) is 18.9. The molecule has 1 aliphatic rings. The topological polar surface area (TPSA) is 72.2 Å². The monoisotopic (exact) mass is 483 g/mol.